The number of nitriles is 1. The van der Waals surface area contributed by atoms with Crippen LogP contribution in [0.3, 0.4) is 0 Å². The molecule has 1 aromatic rings. The number of hydrogen-bond donors (Lipinski definition) is 1. The third-order valence-corrected chi connectivity index (χ3v) is 2.68. The van der Waals surface area contributed by atoms with E-state index >= 15 is 0 Å². The molecule has 1 fully saturated rings. The molecule has 17 heavy (non-hydrogen) atoms. The maximum Gasteiger partial charge on any atom is 0.246 e. The van der Waals surface area contributed by atoms with E-state index < -0.39 is 6.04 Å². The van der Waals surface area contributed by atoms with Gasteiger partial charge in [0.2, 0.25) is 11.8 Å². The first kappa shape index (κ1) is 11.3. The second-order valence-electron chi connectivity index (χ2n) is 3.94. The molecule has 1 atom stereocenters. The van der Waals surface area contributed by atoms with Gasteiger partial charge in [0.25, 0.3) is 0 Å². The first-order valence-corrected chi connectivity index (χ1v) is 5.20. The van der Waals surface area contributed by atoms with Gasteiger partial charge in [0.05, 0.1) is 30.6 Å². The molecule has 0 radical (unpaired) electrons. The SMILES string of the molecule is N#Cc1cccc(CN2C(=O)CC(N)C2=O)c1. The van der Waals surface area contributed by atoms with Crippen LogP contribution in [-0.2, 0) is 16.1 Å². The third kappa shape index (κ3) is 2.17. The Labute approximate surface area is 98.4 Å². The van der Waals surface area contributed by atoms with Crippen LogP contribution >= 0.6 is 0 Å². The highest BCUT2D eigenvalue weighted by atomic mass is 16.2. The summed E-state index contributed by atoms with van der Waals surface area (Å²) < 4.78 is 0. The molecule has 0 aliphatic carbocycles. The van der Waals surface area contributed by atoms with Crippen molar-refractivity contribution in [3.63, 3.8) is 0 Å². The molecule has 86 valence electrons. The smallest absolute Gasteiger partial charge is 0.246 e. The highest BCUT2D eigenvalue weighted by Gasteiger charge is 2.35. The van der Waals surface area contributed by atoms with Crippen LogP contribution in [0.15, 0.2) is 24.3 Å². The summed E-state index contributed by atoms with van der Waals surface area (Å²) in [5.74, 6) is -0.609. The molecule has 2 amide bonds. The van der Waals surface area contributed by atoms with Crippen molar-refractivity contribution in [3.8, 4) is 6.07 Å². The number of hydrogen-bond acceptors (Lipinski definition) is 4. The molecule has 1 aromatic carbocycles. The Hall–Kier alpha value is -2.19. The maximum atomic E-state index is 11.6. The quantitative estimate of drug-likeness (QED) is 0.731. The van der Waals surface area contributed by atoms with E-state index in [0.29, 0.717) is 5.56 Å². The van der Waals surface area contributed by atoms with Crippen molar-refractivity contribution in [1.29, 1.82) is 5.26 Å². The number of rotatable bonds is 2. The number of nitrogens with zero attached hydrogens (tertiary/aromatic N) is 2. The van der Waals surface area contributed by atoms with E-state index in [9.17, 15) is 9.59 Å². The van der Waals surface area contributed by atoms with Crippen molar-refractivity contribution in [2.45, 2.75) is 19.0 Å². The molecule has 5 heteroatoms. The average molecular weight is 229 g/mol. The monoisotopic (exact) mass is 229 g/mol. The molecule has 5 nitrogen and oxygen atoms in total. The second-order valence-corrected chi connectivity index (χ2v) is 3.94. The molecule has 2 N–H and O–H groups in total. The van der Waals surface area contributed by atoms with E-state index in [0.717, 1.165) is 10.5 Å². The van der Waals surface area contributed by atoms with Crippen LogP contribution in [0, 0.1) is 11.3 Å². The molecule has 0 aromatic heterocycles. The van der Waals surface area contributed by atoms with Crippen LogP contribution in [-0.4, -0.2) is 22.8 Å². The normalized spacial score (nSPS) is 19.5. The fraction of sp³-hybridized carbons (Fsp3) is 0.250. The van der Waals surface area contributed by atoms with Crippen molar-refractivity contribution in [2.24, 2.45) is 5.73 Å². The van der Waals surface area contributed by atoms with Gasteiger partial charge in [0.1, 0.15) is 0 Å². The largest absolute Gasteiger partial charge is 0.319 e. The van der Waals surface area contributed by atoms with Crippen LogP contribution in [0.1, 0.15) is 17.5 Å². The van der Waals surface area contributed by atoms with Gasteiger partial charge in [-0.2, -0.15) is 5.26 Å². The Morgan fingerprint density at radius 3 is 2.82 bits per heavy atom. The van der Waals surface area contributed by atoms with Gasteiger partial charge in [0, 0.05) is 0 Å². The van der Waals surface area contributed by atoms with Crippen molar-refractivity contribution < 1.29 is 9.59 Å². The summed E-state index contributed by atoms with van der Waals surface area (Å²) in [6.45, 7) is 0.181. The van der Waals surface area contributed by atoms with Crippen LogP contribution in [0.25, 0.3) is 0 Å². The first-order chi connectivity index (χ1) is 8.11. The molecule has 1 aliphatic heterocycles. The average Bonchev–Trinajstić information content (AvgIpc) is 2.56. The van der Waals surface area contributed by atoms with E-state index in [1.54, 1.807) is 24.3 Å². The summed E-state index contributed by atoms with van der Waals surface area (Å²) in [5.41, 5.74) is 6.76. The Kier molecular flexibility index (Phi) is 2.90. The molecule has 1 aliphatic rings. The summed E-state index contributed by atoms with van der Waals surface area (Å²) in [7, 11) is 0. The second kappa shape index (κ2) is 4.36. The number of imide groups is 1. The fourth-order valence-corrected chi connectivity index (χ4v) is 1.80. The van der Waals surface area contributed by atoms with Crippen LogP contribution < -0.4 is 5.73 Å². The molecule has 1 heterocycles. The number of nitrogens with two attached hydrogens (primary N) is 1. The minimum Gasteiger partial charge on any atom is -0.319 e. The lowest BCUT2D eigenvalue weighted by Crippen LogP contribution is -2.34. The zero-order valence-electron chi connectivity index (χ0n) is 9.09. The number of amides is 2. The molecule has 1 saturated heterocycles. The number of likely N-dealkylation sites (tertiary alicyclic amines) is 1. The van der Waals surface area contributed by atoms with Gasteiger partial charge in [-0.25, -0.2) is 0 Å². The molecule has 1 unspecified atom stereocenters. The lowest BCUT2D eigenvalue weighted by atomic mass is 10.1. The number of benzene rings is 1. The van der Waals surface area contributed by atoms with Crippen molar-refractivity contribution in [1.82, 2.24) is 4.90 Å². The standard InChI is InChI=1S/C12H11N3O2/c13-6-8-2-1-3-9(4-8)7-15-11(16)5-10(14)12(15)17/h1-4,10H,5,7,14H2. The third-order valence-electron chi connectivity index (χ3n) is 2.68. The zero-order valence-corrected chi connectivity index (χ0v) is 9.09. The summed E-state index contributed by atoms with van der Waals surface area (Å²) in [5, 5.41) is 8.75. The molecule has 0 saturated carbocycles. The maximum absolute atomic E-state index is 11.6. The number of carbonyl (C=O) groups excluding carboxylic acids is 2. The highest BCUT2D eigenvalue weighted by molar-refractivity contribution is 6.05. The minimum absolute atomic E-state index is 0.0662. The lowest BCUT2D eigenvalue weighted by Gasteiger charge is -2.14. The van der Waals surface area contributed by atoms with Gasteiger partial charge in [-0.1, -0.05) is 12.1 Å². The molecular weight excluding hydrogens is 218 g/mol. The molecular formula is C12H11N3O2. The summed E-state index contributed by atoms with van der Waals surface area (Å²) in [6, 6.07) is 8.11. The van der Waals surface area contributed by atoms with Crippen molar-refractivity contribution in [3.05, 3.63) is 35.4 Å². The summed E-state index contributed by atoms with van der Waals surface area (Å²) >= 11 is 0. The van der Waals surface area contributed by atoms with Gasteiger partial charge < -0.3 is 5.73 Å². The highest BCUT2D eigenvalue weighted by Crippen LogP contribution is 2.15. The fourth-order valence-electron chi connectivity index (χ4n) is 1.80. The van der Waals surface area contributed by atoms with Gasteiger partial charge in [-0.3, -0.25) is 14.5 Å². The van der Waals surface area contributed by atoms with E-state index in [1.807, 2.05) is 6.07 Å². The Balaban J connectivity index is 2.19. The van der Waals surface area contributed by atoms with E-state index in [2.05, 4.69) is 0 Å². The minimum atomic E-state index is -0.721. The van der Waals surface area contributed by atoms with Crippen molar-refractivity contribution >= 4 is 11.8 Å². The lowest BCUT2D eigenvalue weighted by molar-refractivity contribution is -0.139. The van der Waals surface area contributed by atoms with E-state index in [1.165, 1.54) is 0 Å². The topological polar surface area (TPSA) is 87.2 Å². The molecule has 0 spiro atoms. The predicted octanol–water partition coefficient (Wildman–Crippen LogP) is 0.144. The predicted molar refractivity (Wildman–Crippen MR) is 59.3 cm³/mol. The van der Waals surface area contributed by atoms with Gasteiger partial charge >= 0.3 is 0 Å². The van der Waals surface area contributed by atoms with Crippen molar-refractivity contribution in [2.75, 3.05) is 0 Å². The Morgan fingerprint density at radius 1 is 1.47 bits per heavy atom. The molecule has 2 rings (SSSR count). The van der Waals surface area contributed by atoms with Crippen LogP contribution in [0.2, 0.25) is 0 Å². The van der Waals surface area contributed by atoms with Crippen LogP contribution in [0.4, 0.5) is 0 Å². The number of carbonyl (C=O) groups is 2. The first-order valence-electron chi connectivity index (χ1n) is 5.20. The Bertz CT molecular complexity index is 519. The Morgan fingerprint density at radius 2 is 2.24 bits per heavy atom. The van der Waals surface area contributed by atoms with E-state index in [-0.39, 0.29) is 24.8 Å². The zero-order chi connectivity index (χ0) is 12.4. The van der Waals surface area contributed by atoms with E-state index in [4.69, 9.17) is 11.0 Å². The van der Waals surface area contributed by atoms with Gasteiger partial charge in [0.15, 0.2) is 0 Å². The summed E-state index contributed by atoms with van der Waals surface area (Å²) in [4.78, 5) is 24.2. The summed E-state index contributed by atoms with van der Waals surface area (Å²) in [6.07, 6.45) is 0.0662. The van der Waals surface area contributed by atoms with Crippen LogP contribution in [0.5, 0.6) is 0 Å². The molecule has 0 bridgehead atoms. The van der Waals surface area contributed by atoms with Gasteiger partial charge in [-0.15, -0.1) is 0 Å². The van der Waals surface area contributed by atoms with Gasteiger partial charge in [-0.05, 0) is 17.7 Å².